The largest absolute Gasteiger partial charge is 0.311 e. The van der Waals surface area contributed by atoms with Gasteiger partial charge in [0, 0.05) is 12.2 Å². The van der Waals surface area contributed by atoms with Crippen molar-refractivity contribution in [2.75, 3.05) is 11.4 Å². The summed E-state index contributed by atoms with van der Waals surface area (Å²) in [4.78, 5) is 23.9. The Balaban J connectivity index is 1.42. The van der Waals surface area contributed by atoms with Crippen LogP contribution in [0.15, 0.2) is 72.1 Å². The summed E-state index contributed by atoms with van der Waals surface area (Å²) in [6, 6.07) is 18.0. The zero-order chi connectivity index (χ0) is 19.8. The fraction of sp³-hybridized carbons (Fsp3) is 0.182. The van der Waals surface area contributed by atoms with E-state index < -0.39 is 0 Å². The van der Waals surface area contributed by atoms with E-state index in [0.717, 1.165) is 40.4 Å². The van der Waals surface area contributed by atoms with Gasteiger partial charge in [-0.25, -0.2) is 14.6 Å². The van der Waals surface area contributed by atoms with Gasteiger partial charge in [0.25, 0.3) is 0 Å². The van der Waals surface area contributed by atoms with Gasteiger partial charge in [-0.1, -0.05) is 48.2 Å². The van der Waals surface area contributed by atoms with E-state index in [2.05, 4.69) is 21.1 Å². The fourth-order valence-electron chi connectivity index (χ4n) is 3.68. The Labute approximate surface area is 172 Å². The number of rotatable bonds is 4. The summed E-state index contributed by atoms with van der Waals surface area (Å²) in [6.45, 7) is 2.66. The summed E-state index contributed by atoms with van der Waals surface area (Å²) in [7, 11) is 0. The lowest BCUT2D eigenvalue weighted by atomic mass is 10.2. The molecular formula is C22H19N5OS. The highest BCUT2D eigenvalue weighted by molar-refractivity contribution is 8.00. The van der Waals surface area contributed by atoms with E-state index in [1.807, 2.05) is 60.4 Å². The molecule has 0 saturated carbocycles. The van der Waals surface area contributed by atoms with Crippen LogP contribution < -0.4 is 4.90 Å². The van der Waals surface area contributed by atoms with Gasteiger partial charge in [-0.05, 0) is 37.1 Å². The topological polar surface area (TPSA) is 63.9 Å². The molecule has 1 aliphatic heterocycles. The summed E-state index contributed by atoms with van der Waals surface area (Å²) in [5, 5.41) is 5.85. The minimum atomic E-state index is -0.265. The van der Waals surface area contributed by atoms with Crippen molar-refractivity contribution in [2.45, 2.75) is 23.6 Å². The number of nitrogens with zero attached hydrogens (tertiary/aromatic N) is 5. The van der Waals surface area contributed by atoms with Crippen LogP contribution in [0.25, 0.3) is 16.7 Å². The third-order valence-corrected chi connectivity index (χ3v) is 6.22. The van der Waals surface area contributed by atoms with Crippen molar-refractivity contribution in [3.63, 3.8) is 0 Å². The molecule has 2 aromatic heterocycles. The zero-order valence-corrected chi connectivity index (χ0v) is 16.7. The molecule has 0 aliphatic carbocycles. The van der Waals surface area contributed by atoms with E-state index in [1.165, 1.54) is 23.7 Å². The van der Waals surface area contributed by atoms with Crippen LogP contribution in [0.2, 0.25) is 0 Å². The number of thioether (sulfide) groups is 1. The van der Waals surface area contributed by atoms with Crippen molar-refractivity contribution in [1.29, 1.82) is 0 Å². The van der Waals surface area contributed by atoms with Gasteiger partial charge in [-0.3, -0.25) is 4.79 Å². The lowest BCUT2D eigenvalue weighted by Crippen LogP contribution is -2.35. The van der Waals surface area contributed by atoms with Gasteiger partial charge in [-0.15, -0.1) is 0 Å². The summed E-state index contributed by atoms with van der Waals surface area (Å²) < 4.78 is 1.80. The average molecular weight is 401 g/mol. The third kappa shape index (κ3) is 3.17. The maximum absolute atomic E-state index is 13.1. The molecular weight excluding hydrogens is 382 g/mol. The number of carbonyl (C=O) groups is 1. The molecule has 6 nitrogen and oxygen atoms in total. The first-order valence-corrected chi connectivity index (χ1v) is 10.4. The lowest BCUT2D eigenvalue weighted by Gasteiger charge is -2.21. The molecule has 0 bridgehead atoms. The summed E-state index contributed by atoms with van der Waals surface area (Å²) in [6.07, 6.45) is 4.21. The van der Waals surface area contributed by atoms with E-state index in [-0.39, 0.29) is 11.2 Å². The van der Waals surface area contributed by atoms with Crippen LogP contribution in [-0.2, 0) is 11.2 Å². The number of amides is 1. The summed E-state index contributed by atoms with van der Waals surface area (Å²) in [5.74, 6) is 0.0992. The molecule has 0 fully saturated rings. The second-order valence-electron chi connectivity index (χ2n) is 6.94. The molecule has 29 heavy (non-hydrogen) atoms. The molecule has 1 unspecified atom stereocenters. The third-order valence-electron chi connectivity index (χ3n) is 5.12. The van der Waals surface area contributed by atoms with Crippen LogP contribution in [0.3, 0.4) is 0 Å². The first-order valence-electron chi connectivity index (χ1n) is 9.52. The van der Waals surface area contributed by atoms with Gasteiger partial charge in [0.2, 0.25) is 5.91 Å². The fourth-order valence-corrected chi connectivity index (χ4v) is 4.62. The van der Waals surface area contributed by atoms with Crippen LogP contribution in [0.4, 0.5) is 5.69 Å². The van der Waals surface area contributed by atoms with Crippen molar-refractivity contribution < 1.29 is 4.79 Å². The summed E-state index contributed by atoms with van der Waals surface area (Å²) in [5.41, 5.74) is 3.93. The van der Waals surface area contributed by atoms with Crippen molar-refractivity contribution >= 4 is 34.4 Å². The van der Waals surface area contributed by atoms with E-state index in [9.17, 15) is 4.79 Å². The van der Waals surface area contributed by atoms with Gasteiger partial charge in [-0.2, -0.15) is 5.10 Å². The van der Waals surface area contributed by atoms with Crippen LogP contribution in [0.1, 0.15) is 12.5 Å². The maximum Gasteiger partial charge on any atom is 0.240 e. The SMILES string of the molecule is CC(Sc1ncnc2c1cnn2-c1ccccc1)C(=O)N1CCc2ccccc21. The predicted molar refractivity (Wildman–Crippen MR) is 114 cm³/mol. The minimum absolute atomic E-state index is 0.0992. The van der Waals surface area contributed by atoms with Gasteiger partial charge < -0.3 is 4.90 Å². The molecule has 7 heteroatoms. The highest BCUT2D eigenvalue weighted by Crippen LogP contribution is 2.33. The molecule has 0 radical (unpaired) electrons. The lowest BCUT2D eigenvalue weighted by molar-refractivity contribution is -0.117. The minimum Gasteiger partial charge on any atom is -0.311 e. The number of aromatic nitrogens is 4. The van der Waals surface area contributed by atoms with Crippen molar-refractivity contribution in [1.82, 2.24) is 19.7 Å². The Morgan fingerprint density at radius 1 is 1.07 bits per heavy atom. The average Bonchev–Trinajstić information content (AvgIpc) is 3.39. The normalized spacial score (nSPS) is 14.2. The predicted octanol–water partition coefficient (Wildman–Crippen LogP) is 3.89. The quantitative estimate of drug-likeness (QED) is 0.383. The van der Waals surface area contributed by atoms with E-state index >= 15 is 0 Å². The van der Waals surface area contributed by atoms with Crippen molar-refractivity contribution in [2.24, 2.45) is 0 Å². The van der Waals surface area contributed by atoms with Crippen molar-refractivity contribution in [3.05, 3.63) is 72.7 Å². The van der Waals surface area contributed by atoms with Crippen LogP contribution in [-0.4, -0.2) is 37.5 Å². The molecule has 2 aromatic carbocycles. The molecule has 4 aromatic rings. The highest BCUT2D eigenvalue weighted by atomic mass is 32.2. The monoisotopic (exact) mass is 401 g/mol. The second-order valence-corrected chi connectivity index (χ2v) is 8.27. The number of fused-ring (bicyclic) bond motifs is 2. The molecule has 1 aliphatic rings. The van der Waals surface area contributed by atoms with Crippen LogP contribution >= 0.6 is 11.8 Å². The number of benzene rings is 2. The standard InChI is InChI=1S/C22H19N5OS/c1-15(22(28)26-12-11-16-7-5-6-10-19(16)26)29-21-18-13-25-27(20(18)23-14-24-21)17-8-3-2-4-9-17/h2-10,13-15H,11-12H2,1H3. The molecule has 5 rings (SSSR count). The van der Waals surface area contributed by atoms with Crippen LogP contribution in [0.5, 0.6) is 0 Å². The van der Waals surface area contributed by atoms with Gasteiger partial charge >= 0.3 is 0 Å². The number of anilines is 1. The maximum atomic E-state index is 13.1. The molecule has 0 N–H and O–H groups in total. The van der Waals surface area contributed by atoms with Gasteiger partial charge in [0.05, 0.1) is 22.5 Å². The molecule has 1 amide bonds. The molecule has 0 spiro atoms. The summed E-state index contributed by atoms with van der Waals surface area (Å²) >= 11 is 1.46. The Bertz CT molecular complexity index is 1190. The number of hydrogen-bond donors (Lipinski definition) is 0. The molecule has 3 heterocycles. The molecule has 144 valence electrons. The Kier molecular flexibility index (Phi) is 4.52. The second kappa shape index (κ2) is 7.33. The number of para-hydroxylation sites is 2. The van der Waals surface area contributed by atoms with Crippen molar-refractivity contribution in [3.8, 4) is 5.69 Å². The Morgan fingerprint density at radius 3 is 2.72 bits per heavy atom. The highest BCUT2D eigenvalue weighted by Gasteiger charge is 2.29. The number of hydrogen-bond acceptors (Lipinski definition) is 5. The van der Waals surface area contributed by atoms with Gasteiger partial charge in [0.1, 0.15) is 11.4 Å². The van der Waals surface area contributed by atoms with Gasteiger partial charge in [0.15, 0.2) is 5.65 Å². The molecule has 0 saturated heterocycles. The van der Waals surface area contributed by atoms with E-state index in [0.29, 0.717) is 0 Å². The smallest absolute Gasteiger partial charge is 0.240 e. The Hall–Kier alpha value is -3.19. The first kappa shape index (κ1) is 17.9. The van der Waals surface area contributed by atoms with E-state index in [4.69, 9.17) is 0 Å². The van der Waals surface area contributed by atoms with E-state index in [1.54, 1.807) is 10.9 Å². The number of carbonyl (C=O) groups excluding carboxylic acids is 1. The Morgan fingerprint density at radius 2 is 1.86 bits per heavy atom. The first-order chi connectivity index (χ1) is 14.2. The van der Waals surface area contributed by atoms with Crippen LogP contribution in [0, 0.1) is 0 Å². The molecule has 1 atom stereocenters. The zero-order valence-electron chi connectivity index (χ0n) is 15.9.